The molecule has 2 heterocycles. The van der Waals surface area contributed by atoms with Crippen LogP contribution in [0.5, 0.6) is 0 Å². The van der Waals surface area contributed by atoms with Crippen molar-refractivity contribution in [3.05, 3.63) is 59.1 Å². The molecule has 112 valence electrons. The van der Waals surface area contributed by atoms with Crippen molar-refractivity contribution in [3.63, 3.8) is 0 Å². The molecule has 0 radical (unpaired) electrons. The zero-order valence-corrected chi connectivity index (χ0v) is 12.5. The highest BCUT2D eigenvalue weighted by Crippen LogP contribution is 2.37. The number of aromatic nitrogens is 1. The van der Waals surface area contributed by atoms with E-state index in [0.717, 1.165) is 5.69 Å². The van der Waals surface area contributed by atoms with Crippen molar-refractivity contribution in [2.45, 2.75) is 0 Å². The molecular weight excluding hydrogens is 314 g/mol. The largest absolute Gasteiger partial charge is 0.338 e. The third-order valence-corrected chi connectivity index (χ3v) is 3.89. The van der Waals surface area contributed by atoms with Crippen LogP contribution in [-0.4, -0.2) is 16.7 Å². The standard InChI is InChI=1S/C17H10ClN3O2/c18-9-4-3-5-10(8-9)19-16-14-13(15(22)17(23)21-14)11-6-1-2-7-12(11)20-16/h1-8H,(H,19,20)(H,21,22,23). The Hall–Kier alpha value is -2.92. The molecule has 5 nitrogen and oxygen atoms in total. The number of fused-ring (bicyclic) bond motifs is 3. The number of para-hydroxylation sites is 1. The number of carbonyl (C=O) groups excluding carboxylic acids is 2. The Bertz CT molecular complexity index is 985. The Morgan fingerprint density at radius 1 is 1.04 bits per heavy atom. The number of pyridine rings is 1. The highest BCUT2D eigenvalue weighted by molar-refractivity contribution is 6.54. The number of hydrogen-bond donors (Lipinski definition) is 2. The van der Waals surface area contributed by atoms with E-state index in [4.69, 9.17) is 11.6 Å². The Morgan fingerprint density at radius 3 is 2.70 bits per heavy atom. The van der Waals surface area contributed by atoms with Crippen LogP contribution in [0, 0.1) is 0 Å². The zero-order valence-electron chi connectivity index (χ0n) is 11.8. The minimum absolute atomic E-state index is 0.352. The first-order valence-electron chi connectivity index (χ1n) is 6.94. The van der Waals surface area contributed by atoms with Gasteiger partial charge in [-0.15, -0.1) is 0 Å². The fourth-order valence-electron chi connectivity index (χ4n) is 2.65. The summed E-state index contributed by atoms with van der Waals surface area (Å²) in [5.74, 6) is -0.778. The smallest absolute Gasteiger partial charge is 0.296 e. The van der Waals surface area contributed by atoms with Crippen molar-refractivity contribution in [2.75, 3.05) is 10.6 Å². The first-order chi connectivity index (χ1) is 11.1. The number of ketones is 1. The lowest BCUT2D eigenvalue weighted by atomic mass is 10.1. The van der Waals surface area contributed by atoms with Crippen molar-refractivity contribution in [2.24, 2.45) is 0 Å². The molecule has 4 rings (SSSR count). The summed E-state index contributed by atoms with van der Waals surface area (Å²) >= 11 is 5.99. The molecule has 0 unspecified atom stereocenters. The number of hydrogen-bond acceptors (Lipinski definition) is 4. The molecular formula is C17H10ClN3O2. The topological polar surface area (TPSA) is 71.1 Å². The maximum Gasteiger partial charge on any atom is 0.296 e. The van der Waals surface area contributed by atoms with Crippen LogP contribution in [0.4, 0.5) is 17.2 Å². The maximum atomic E-state index is 12.2. The van der Waals surface area contributed by atoms with E-state index in [1.54, 1.807) is 30.3 Å². The van der Waals surface area contributed by atoms with Crippen LogP contribution in [-0.2, 0) is 4.79 Å². The van der Waals surface area contributed by atoms with E-state index >= 15 is 0 Å². The summed E-state index contributed by atoms with van der Waals surface area (Å²) in [6.07, 6.45) is 0. The normalized spacial score (nSPS) is 13.1. The van der Waals surface area contributed by atoms with Crippen molar-refractivity contribution in [1.29, 1.82) is 0 Å². The highest BCUT2D eigenvalue weighted by atomic mass is 35.5. The number of Topliss-reactive ketones (excluding diaryl/α,β-unsaturated/α-hetero) is 1. The number of nitrogens with one attached hydrogen (secondary N) is 2. The van der Waals surface area contributed by atoms with Gasteiger partial charge < -0.3 is 10.6 Å². The molecule has 0 bridgehead atoms. The summed E-state index contributed by atoms with van der Waals surface area (Å²) in [6.45, 7) is 0. The predicted octanol–water partition coefficient (Wildman–Crippen LogP) is 3.77. The highest BCUT2D eigenvalue weighted by Gasteiger charge is 2.33. The van der Waals surface area contributed by atoms with E-state index in [-0.39, 0.29) is 0 Å². The average molecular weight is 324 g/mol. The summed E-state index contributed by atoms with van der Waals surface area (Å²) in [5, 5.41) is 6.94. The molecule has 1 aliphatic heterocycles. The van der Waals surface area contributed by atoms with Crippen molar-refractivity contribution < 1.29 is 9.59 Å². The monoisotopic (exact) mass is 323 g/mol. The molecule has 0 aliphatic carbocycles. The van der Waals surface area contributed by atoms with Gasteiger partial charge in [-0.2, -0.15) is 0 Å². The van der Waals surface area contributed by atoms with Gasteiger partial charge in [0.25, 0.3) is 11.7 Å². The molecule has 0 atom stereocenters. The molecule has 1 amide bonds. The number of amides is 1. The minimum atomic E-state index is -0.646. The van der Waals surface area contributed by atoms with Crippen molar-refractivity contribution in [3.8, 4) is 0 Å². The van der Waals surface area contributed by atoms with Crippen molar-refractivity contribution >= 4 is 51.4 Å². The number of carbonyl (C=O) groups is 2. The van der Waals surface area contributed by atoms with E-state index in [1.165, 1.54) is 0 Å². The third-order valence-electron chi connectivity index (χ3n) is 3.65. The quantitative estimate of drug-likeness (QED) is 0.704. The van der Waals surface area contributed by atoms with Gasteiger partial charge in [-0.1, -0.05) is 35.9 Å². The number of nitrogens with zero attached hydrogens (tertiary/aromatic N) is 1. The zero-order chi connectivity index (χ0) is 16.0. The first kappa shape index (κ1) is 13.7. The van der Waals surface area contributed by atoms with Crippen LogP contribution in [0.1, 0.15) is 10.4 Å². The molecule has 0 fully saturated rings. The number of halogens is 1. The summed E-state index contributed by atoms with van der Waals surface area (Å²) in [5.41, 5.74) is 2.11. The molecule has 2 N–H and O–H groups in total. The average Bonchev–Trinajstić information content (AvgIpc) is 2.84. The number of benzene rings is 2. The van der Waals surface area contributed by atoms with Crippen molar-refractivity contribution in [1.82, 2.24) is 4.98 Å². The summed E-state index contributed by atoms with van der Waals surface area (Å²) in [7, 11) is 0. The SMILES string of the molecule is O=C1Nc2c(Nc3cccc(Cl)c3)nc3ccccc3c2C1=O. The van der Waals surface area contributed by atoms with E-state index in [9.17, 15) is 9.59 Å². The van der Waals surface area contributed by atoms with Crippen LogP contribution in [0.3, 0.4) is 0 Å². The molecule has 23 heavy (non-hydrogen) atoms. The molecule has 2 aromatic carbocycles. The van der Waals surface area contributed by atoms with Gasteiger partial charge in [0.15, 0.2) is 5.82 Å². The minimum Gasteiger partial charge on any atom is -0.338 e. The Labute approximate surface area is 136 Å². The summed E-state index contributed by atoms with van der Waals surface area (Å²) in [6, 6.07) is 14.4. The first-order valence-corrected chi connectivity index (χ1v) is 7.32. The predicted molar refractivity (Wildman–Crippen MR) is 89.4 cm³/mol. The van der Waals surface area contributed by atoms with E-state index < -0.39 is 11.7 Å². The van der Waals surface area contributed by atoms with E-state index in [1.807, 2.05) is 18.2 Å². The lowest BCUT2D eigenvalue weighted by Crippen LogP contribution is -2.12. The van der Waals surface area contributed by atoms with E-state index in [0.29, 0.717) is 33.0 Å². The van der Waals surface area contributed by atoms with Gasteiger partial charge in [0.1, 0.15) is 0 Å². The van der Waals surface area contributed by atoms with Crippen LogP contribution < -0.4 is 10.6 Å². The molecule has 1 aliphatic rings. The molecule has 1 aromatic heterocycles. The molecule has 0 saturated heterocycles. The summed E-state index contributed by atoms with van der Waals surface area (Å²) < 4.78 is 0. The fourth-order valence-corrected chi connectivity index (χ4v) is 2.84. The van der Waals surface area contributed by atoms with E-state index in [2.05, 4.69) is 15.6 Å². The lowest BCUT2D eigenvalue weighted by molar-refractivity contribution is -0.112. The second-order valence-electron chi connectivity index (χ2n) is 5.15. The maximum absolute atomic E-state index is 12.2. The van der Waals surface area contributed by atoms with Crippen LogP contribution >= 0.6 is 11.6 Å². The molecule has 0 saturated carbocycles. The molecule has 3 aromatic rings. The van der Waals surface area contributed by atoms with Gasteiger partial charge in [0.05, 0.1) is 16.8 Å². The second kappa shape index (κ2) is 5.07. The second-order valence-corrected chi connectivity index (χ2v) is 5.58. The van der Waals surface area contributed by atoms with Gasteiger partial charge in [-0.25, -0.2) is 4.98 Å². The number of rotatable bonds is 2. The lowest BCUT2D eigenvalue weighted by Gasteiger charge is -2.12. The van der Waals surface area contributed by atoms with Gasteiger partial charge in [0.2, 0.25) is 0 Å². The third kappa shape index (κ3) is 2.22. The van der Waals surface area contributed by atoms with Crippen LogP contribution in [0.2, 0.25) is 5.02 Å². The van der Waals surface area contributed by atoms with Crippen LogP contribution in [0.15, 0.2) is 48.5 Å². The van der Waals surface area contributed by atoms with Gasteiger partial charge >= 0.3 is 0 Å². The summed E-state index contributed by atoms with van der Waals surface area (Å²) in [4.78, 5) is 28.5. The fraction of sp³-hybridized carbons (Fsp3) is 0. The Morgan fingerprint density at radius 2 is 1.87 bits per heavy atom. The van der Waals surface area contributed by atoms with Gasteiger partial charge in [0, 0.05) is 16.1 Å². The van der Waals surface area contributed by atoms with Gasteiger partial charge in [-0.05, 0) is 24.3 Å². The van der Waals surface area contributed by atoms with Crippen LogP contribution in [0.25, 0.3) is 10.9 Å². The number of anilines is 3. The van der Waals surface area contributed by atoms with Gasteiger partial charge in [-0.3, -0.25) is 9.59 Å². The Balaban J connectivity index is 1.93. The Kier molecular flexibility index (Phi) is 3.02. The molecule has 0 spiro atoms. The molecule has 6 heteroatoms.